The van der Waals surface area contributed by atoms with Crippen LogP contribution in [0.25, 0.3) is 0 Å². The summed E-state index contributed by atoms with van der Waals surface area (Å²) >= 11 is 1.18. The highest BCUT2D eigenvalue weighted by Gasteiger charge is 2.16. The molecule has 0 atom stereocenters. The lowest BCUT2D eigenvalue weighted by Gasteiger charge is -2.09. The molecule has 0 saturated heterocycles. The maximum absolute atomic E-state index is 13.8. The van der Waals surface area contributed by atoms with Crippen LogP contribution >= 0.6 is 11.8 Å². The molecule has 0 spiro atoms. The van der Waals surface area contributed by atoms with Gasteiger partial charge in [-0.2, -0.15) is 0 Å². The summed E-state index contributed by atoms with van der Waals surface area (Å²) in [6, 6.07) is 12.1. The Labute approximate surface area is 193 Å². The van der Waals surface area contributed by atoms with Crippen LogP contribution in [0.5, 0.6) is 0 Å². The second-order valence-electron chi connectivity index (χ2n) is 6.71. The van der Waals surface area contributed by atoms with Crippen LogP contribution in [0.1, 0.15) is 33.5 Å². The summed E-state index contributed by atoms with van der Waals surface area (Å²) in [6.07, 6.45) is 0. The van der Waals surface area contributed by atoms with E-state index in [9.17, 15) is 18.8 Å². The zero-order chi connectivity index (χ0) is 23.8. The standard InChI is InChI=1S/C22H22FN5O4S/c1-3-28-18(12-24-20(30)16-9-4-5-10-17(16)23)26-27-22(28)33-13-19(29)25-15-8-6-7-14(11-15)21(31)32-2/h4-11H,3,12-13H2,1-2H3,(H,24,30)(H,25,29). The number of rotatable bonds is 9. The number of methoxy groups -OCH3 is 1. The molecule has 0 aliphatic carbocycles. The number of benzene rings is 2. The molecular formula is C22H22FN5O4S. The molecule has 1 heterocycles. The molecule has 1 aromatic heterocycles. The highest BCUT2D eigenvalue weighted by molar-refractivity contribution is 7.99. The normalized spacial score (nSPS) is 10.5. The van der Waals surface area contributed by atoms with Crippen LogP contribution in [0, 0.1) is 5.82 Å². The Balaban J connectivity index is 1.58. The Morgan fingerprint density at radius 1 is 1.12 bits per heavy atom. The molecular weight excluding hydrogens is 449 g/mol. The van der Waals surface area contributed by atoms with Gasteiger partial charge in [0.15, 0.2) is 11.0 Å². The van der Waals surface area contributed by atoms with Gasteiger partial charge in [0, 0.05) is 12.2 Å². The van der Waals surface area contributed by atoms with Crippen LogP contribution in [0.4, 0.5) is 10.1 Å². The number of anilines is 1. The zero-order valence-electron chi connectivity index (χ0n) is 18.0. The van der Waals surface area contributed by atoms with Gasteiger partial charge in [0.2, 0.25) is 5.91 Å². The number of nitrogens with one attached hydrogen (secondary N) is 2. The minimum atomic E-state index is -0.605. The van der Waals surface area contributed by atoms with E-state index in [0.717, 1.165) is 0 Å². The van der Waals surface area contributed by atoms with Gasteiger partial charge >= 0.3 is 5.97 Å². The Kier molecular flexibility index (Phi) is 8.14. The van der Waals surface area contributed by atoms with Gasteiger partial charge < -0.3 is 19.9 Å². The number of carbonyl (C=O) groups excluding carboxylic acids is 3. The summed E-state index contributed by atoms with van der Waals surface area (Å²) in [6.45, 7) is 2.46. The highest BCUT2D eigenvalue weighted by atomic mass is 32.2. The van der Waals surface area contributed by atoms with E-state index in [1.165, 1.54) is 43.1 Å². The molecule has 0 unspecified atom stereocenters. The van der Waals surface area contributed by atoms with Crippen LogP contribution in [0.3, 0.4) is 0 Å². The Bertz CT molecular complexity index is 1170. The second kappa shape index (κ2) is 11.2. The van der Waals surface area contributed by atoms with E-state index in [1.54, 1.807) is 28.8 Å². The van der Waals surface area contributed by atoms with E-state index in [0.29, 0.717) is 28.8 Å². The molecule has 11 heteroatoms. The van der Waals surface area contributed by atoms with Crippen molar-refractivity contribution in [3.63, 3.8) is 0 Å². The second-order valence-corrected chi connectivity index (χ2v) is 7.66. The number of ether oxygens (including phenoxy) is 1. The lowest BCUT2D eigenvalue weighted by molar-refractivity contribution is -0.113. The fraction of sp³-hybridized carbons (Fsp3) is 0.227. The van der Waals surface area contributed by atoms with Crippen molar-refractivity contribution in [2.75, 3.05) is 18.2 Å². The average Bonchev–Trinajstić information content (AvgIpc) is 3.22. The van der Waals surface area contributed by atoms with E-state index in [-0.39, 0.29) is 23.8 Å². The number of esters is 1. The monoisotopic (exact) mass is 471 g/mol. The molecule has 0 saturated carbocycles. The summed E-state index contributed by atoms with van der Waals surface area (Å²) in [4.78, 5) is 36.2. The van der Waals surface area contributed by atoms with Crippen molar-refractivity contribution >= 4 is 35.2 Å². The quantitative estimate of drug-likeness (QED) is 0.364. The number of thioether (sulfide) groups is 1. The van der Waals surface area contributed by atoms with E-state index in [4.69, 9.17) is 0 Å². The van der Waals surface area contributed by atoms with Crippen molar-refractivity contribution in [1.29, 1.82) is 0 Å². The fourth-order valence-corrected chi connectivity index (χ4v) is 3.76. The van der Waals surface area contributed by atoms with Gasteiger partial charge in [-0.1, -0.05) is 30.0 Å². The average molecular weight is 472 g/mol. The molecule has 2 N–H and O–H groups in total. The molecule has 3 aromatic rings. The SMILES string of the molecule is CCn1c(CNC(=O)c2ccccc2F)nnc1SCC(=O)Nc1cccc(C(=O)OC)c1. The maximum atomic E-state index is 13.8. The molecule has 3 rings (SSSR count). The molecule has 33 heavy (non-hydrogen) atoms. The minimum Gasteiger partial charge on any atom is -0.465 e. The van der Waals surface area contributed by atoms with Crippen LogP contribution in [-0.2, 0) is 22.6 Å². The van der Waals surface area contributed by atoms with Gasteiger partial charge in [-0.15, -0.1) is 10.2 Å². The van der Waals surface area contributed by atoms with E-state index < -0.39 is 17.7 Å². The predicted octanol–water partition coefficient (Wildman–Crippen LogP) is 2.88. The van der Waals surface area contributed by atoms with Crippen molar-refractivity contribution in [2.45, 2.75) is 25.2 Å². The number of amides is 2. The third-order valence-electron chi connectivity index (χ3n) is 4.54. The summed E-state index contributed by atoms with van der Waals surface area (Å²) in [5, 5.41) is 14.0. The van der Waals surface area contributed by atoms with Crippen molar-refractivity contribution < 1.29 is 23.5 Å². The maximum Gasteiger partial charge on any atom is 0.337 e. The van der Waals surface area contributed by atoms with Crippen molar-refractivity contribution in [3.05, 3.63) is 71.3 Å². The summed E-state index contributed by atoms with van der Waals surface area (Å²) in [5.41, 5.74) is 0.746. The third-order valence-corrected chi connectivity index (χ3v) is 5.50. The number of hydrogen-bond acceptors (Lipinski definition) is 7. The van der Waals surface area contributed by atoms with Gasteiger partial charge in [0.05, 0.1) is 30.5 Å². The van der Waals surface area contributed by atoms with Gasteiger partial charge in [-0.05, 0) is 37.3 Å². The third kappa shape index (κ3) is 6.16. The lowest BCUT2D eigenvalue weighted by Crippen LogP contribution is -2.25. The molecule has 0 bridgehead atoms. The molecule has 2 amide bonds. The van der Waals surface area contributed by atoms with Gasteiger partial charge in [0.1, 0.15) is 5.82 Å². The minimum absolute atomic E-state index is 0.0531. The van der Waals surface area contributed by atoms with Crippen molar-refractivity contribution in [1.82, 2.24) is 20.1 Å². The largest absolute Gasteiger partial charge is 0.465 e. The topological polar surface area (TPSA) is 115 Å². The lowest BCUT2D eigenvalue weighted by atomic mass is 10.2. The summed E-state index contributed by atoms with van der Waals surface area (Å²) in [5.74, 6) is -1.40. The Morgan fingerprint density at radius 2 is 1.91 bits per heavy atom. The first-order valence-electron chi connectivity index (χ1n) is 9.98. The summed E-state index contributed by atoms with van der Waals surface area (Å²) in [7, 11) is 1.29. The van der Waals surface area contributed by atoms with E-state index in [1.807, 2.05) is 6.92 Å². The summed E-state index contributed by atoms with van der Waals surface area (Å²) < 4.78 is 20.2. The molecule has 0 aliphatic rings. The van der Waals surface area contributed by atoms with Crippen molar-refractivity contribution in [3.8, 4) is 0 Å². The Morgan fingerprint density at radius 3 is 2.64 bits per heavy atom. The zero-order valence-corrected chi connectivity index (χ0v) is 18.8. The fourth-order valence-electron chi connectivity index (χ4n) is 2.94. The first-order valence-corrected chi connectivity index (χ1v) is 11.0. The van der Waals surface area contributed by atoms with Gasteiger partial charge in [-0.3, -0.25) is 9.59 Å². The molecule has 9 nitrogen and oxygen atoms in total. The number of aromatic nitrogens is 3. The van der Waals surface area contributed by atoms with Crippen LogP contribution in [0.2, 0.25) is 0 Å². The molecule has 172 valence electrons. The first-order chi connectivity index (χ1) is 15.9. The van der Waals surface area contributed by atoms with Crippen LogP contribution in [-0.4, -0.2) is 45.4 Å². The van der Waals surface area contributed by atoms with E-state index >= 15 is 0 Å². The number of carbonyl (C=O) groups is 3. The van der Waals surface area contributed by atoms with Crippen LogP contribution < -0.4 is 10.6 Å². The smallest absolute Gasteiger partial charge is 0.337 e. The van der Waals surface area contributed by atoms with Gasteiger partial charge in [0.25, 0.3) is 5.91 Å². The first kappa shape index (κ1) is 23.9. The number of hydrogen-bond donors (Lipinski definition) is 2. The number of nitrogens with zero attached hydrogens (tertiary/aromatic N) is 3. The molecule has 0 aliphatic heterocycles. The number of halogens is 1. The molecule has 0 radical (unpaired) electrons. The predicted molar refractivity (Wildman–Crippen MR) is 120 cm³/mol. The van der Waals surface area contributed by atoms with Gasteiger partial charge in [-0.25, -0.2) is 9.18 Å². The Hall–Kier alpha value is -3.73. The van der Waals surface area contributed by atoms with Crippen LogP contribution in [0.15, 0.2) is 53.7 Å². The molecule has 0 fully saturated rings. The van der Waals surface area contributed by atoms with E-state index in [2.05, 4.69) is 25.6 Å². The van der Waals surface area contributed by atoms with Crippen molar-refractivity contribution in [2.24, 2.45) is 0 Å². The molecule has 2 aromatic carbocycles. The highest BCUT2D eigenvalue weighted by Crippen LogP contribution is 2.18.